The highest BCUT2D eigenvalue weighted by atomic mass is 32.2. The SMILES string of the molecule is CNS(=O)(=O)CCNC(=O)C(C)c1ccccc1. The molecule has 0 fully saturated rings. The second-order valence-electron chi connectivity index (χ2n) is 3.95. The van der Waals surface area contributed by atoms with E-state index in [0.717, 1.165) is 5.56 Å². The Morgan fingerprint density at radius 3 is 2.44 bits per heavy atom. The van der Waals surface area contributed by atoms with Gasteiger partial charge in [-0.3, -0.25) is 4.79 Å². The first-order valence-electron chi connectivity index (χ1n) is 5.70. The normalized spacial score (nSPS) is 13.0. The first-order valence-corrected chi connectivity index (χ1v) is 7.35. The van der Waals surface area contributed by atoms with Gasteiger partial charge in [0.2, 0.25) is 15.9 Å². The third-order valence-corrected chi connectivity index (χ3v) is 4.04. The minimum absolute atomic E-state index is 0.110. The van der Waals surface area contributed by atoms with Crippen LogP contribution in [-0.4, -0.2) is 33.7 Å². The first kappa shape index (κ1) is 14.7. The van der Waals surface area contributed by atoms with Crippen molar-refractivity contribution >= 4 is 15.9 Å². The summed E-state index contributed by atoms with van der Waals surface area (Å²) in [4.78, 5) is 11.8. The molecule has 0 saturated carbocycles. The zero-order chi connectivity index (χ0) is 13.6. The summed E-state index contributed by atoms with van der Waals surface area (Å²) in [5, 5.41) is 2.61. The zero-order valence-electron chi connectivity index (χ0n) is 10.5. The maximum absolute atomic E-state index is 11.8. The minimum Gasteiger partial charge on any atom is -0.355 e. The van der Waals surface area contributed by atoms with Crippen LogP contribution < -0.4 is 10.0 Å². The highest BCUT2D eigenvalue weighted by Gasteiger charge is 2.15. The van der Waals surface area contributed by atoms with Crippen molar-refractivity contribution in [2.75, 3.05) is 19.3 Å². The fourth-order valence-corrected chi connectivity index (χ4v) is 2.03. The molecular formula is C12H18N2O3S. The van der Waals surface area contributed by atoms with Gasteiger partial charge in [-0.25, -0.2) is 13.1 Å². The largest absolute Gasteiger partial charge is 0.355 e. The number of rotatable bonds is 6. The molecule has 0 aliphatic carbocycles. The zero-order valence-corrected chi connectivity index (χ0v) is 11.3. The average Bonchev–Trinajstić information content (AvgIpc) is 2.38. The van der Waals surface area contributed by atoms with E-state index < -0.39 is 10.0 Å². The van der Waals surface area contributed by atoms with E-state index in [1.807, 2.05) is 30.3 Å². The van der Waals surface area contributed by atoms with Gasteiger partial charge in [0, 0.05) is 6.54 Å². The monoisotopic (exact) mass is 270 g/mol. The van der Waals surface area contributed by atoms with Crippen molar-refractivity contribution in [3.8, 4) is 0 Å². The summed E-state index contributed by atoms with van der Waals surface area (Å²) in [6, 6.07) is 9.35. The fraction of sp³-hybridized carbons (Fsp3) is 0.417. The van der Waals surface area contributed by atoms with E-state index in [1.54, 1.807) is 6.92 Å². The summed E-state index contributed by atoms with van der Waals surface area (Å²) < 4.78 is 24.5. The Morgan fingerprint density at radius 2 is 1.89 bits per heavy atom. The molecular weight excluding hydrogens is 252 g/mol. The number of carbonyl (C=O) groups excluding carboxylic acids is 1. The number of amides is 1. The molecule has 1 rings (SSSR count). The van der Waals surface area contributed by atoms with Crippen molar-refractivity contribution in [3.05, 3.63) is 35.9 Å². The predicted molar refractivity (Wildman–Crippen MR) is 70.7 cm³/mol. The summed E-state index contributed by atoms with van der Waals surface area (Å²) >= 11 is 0. The Morgan fingerprint density at radius 1 is 1.28 bits per heavy atom. The lowest BCUT2D eigenvalue weighted by atomic mass is 10.0. The van der Waals surface area contributed by atoms with Gasteiger partial charge < -0.3 is 5.32 Å². The number of hydrogen-bond donors (Lipinski definition) is 2. The fourth-order valence-electron chi connectivity index (χ4n) is 1.46. The third-order valence-electron chi connectivity index (χ3n) is 2.67. The lowest BCUT2D eigenvalue weighted by Gasteiger charge is -2.12. The van der Waals surface area contributed by atoms with Crippen LogP contribution in [-0.2, 0) is 14.8 Å². The van der Waals surface area contributed by atoms with Gasteiger partial charge in [0.1, 0.15) is 0 Å². The van der Waals surface area contributed by atoms with Crippen molar-refractivity contribution in [2.24, 2.45) is 0 Å². The lowest BCUT2D eigenvalue weighted by Crippen LogP contribution is -2.34. The molecule has 100 valence electrons. The second kappa shape index (κ2) is 6.51. The number of sulfonamides is 1. The van der Waals surface area contributed by atoms with Crippen molar-refractivity contribution < 1.29 is 13.2 Å². The quantitative estimate of drug-likeness (QED) is 0.788. The predicted octanol–water partition coefficient (Wildman–Crippen LogP) is 0.456. The Labute approximate surface area is 108 Å². The Bertz CT molecular complexity index is 485. The van der Waals surface area contributed by atoms with Crippen LogP contribution in [0, 0.1) is 0 Å². The van der Waals surface area contributed by atoms with Crippen molar-refractivity contribution in [2.45, 2.75) is 12.8 Å². The molecule has 0 aromatic heterocycles. The highest BCUT2D eigenvalue weighted by molar-refractivity contribution is 7.89. The molecule has 0 heterocycles. The maximum atomic E-state index is 11.8. The summed E-state index contributed by atoms with van der Waals surface area (Å²) in [6.45, 7) is 1.90. The minimum atomic E-state index is -3.27. The standard InChI is InChI=1S/C12H18N2O3S/c1-10(11-6-4-3-5-7-11)12(15)14-8-9-18(16,17)13-2/h3-7,10,13H,8-9H2,1-2H3,(H,14,15). The molecule has 0 bridgehead atoms. The molecule has 0 aliphatic rings. The van der Waals surface area contributed by atoms with Crippen molar-refractivity contribution in [1.29, 1.82) is 0 Å². The molecule has 1 atom stereocenters. The van der Waals surface area contributed by atoms with Gasteiger partial charge in [-0.15, -0.1) is 0 Å². The molecule has 6 heteroatoms. The van der Waals surface area contributed by atoms with Crippen LogP contribution in [0.3, 0.4) is 0 Å². The van der Waals surface area contributed by atoms with E-state index in [4.69, 9.17) is 0 Å². The molecule has 0 aliphatic heterocycles. The average molecular weight is 270 g/mol. The Balaban J connectivity index is 2.47. The first-order chi connectivity index (χ1) is 8.46. The third kappa shape index (κ3) is 4.46. The van der Waals surface area contributed by atoms with E-state index in [-0.39, 0.29) is 24.1 Å². The topological polar surface area (TPSA) is 75.3 Å². The van der Waals surface area contributed by atoms with E-state index in [1.165, 1.54) is 7.05 Å². The number of hydrogen-bond acceptors (Lipinski definition) is 3. The van der Waals surface area contributed by atoms with Crippen LogP contribution in [0.1, 0.15) is 18.4 Å². The van der Waals surface area contributed by atoms with E-state index in [2.05, 4.69) is 10.0 Å². The summed E-state index contributed by atoms with van der Waals surface area (Å²) in [5.74, 6) is -0.576. The molecule has 1 aromatic rings. The molecule has 0 saturated heterocycles. The molecule has 1 unspecified atom stereocenters. The smallest absolute Gasteiger partial charge is 0.227 e. The van der Waals surface area contributed by atoms with Crippen LogP contribution in [0.4, 0.5) is 0 Å². The highest BCUT2D eigenvalue weighted by Crippen LogP contribution is 2.13. The summed E-state index contributed by atoms with van der Waals surface area (Å²) in [5.41, 5.74) is 0.909. The van der Waals surface area contributed by atoms with Gasteiger partial charge in [0.05, 0.1) is 11.7 Å². The van der Waals surface area contributed by atoms with Crippen LogP contribution in [0.25, 0.3) is 0 Å². The Kier molecular flexibility index (Phi) is 5.30. The van der Waals surface area contributed by atoms with Gasteiger partial charge in [-0.2, -0.15) is 0 Å². The van der Waals surface area contributed by atoms with Crippen molar-refractivity contribution in [3.63, 3.8) is 0 Å². The van der Waals surface area contributed by atoms with E-state index in [9.17, 15) is 13.2 Å². The van der Waals surface area contributed by atoms with Crippen molar-refractivity contribution in [1.82, 2.24) is 10.0 Å². The maximum Gasteiger partial charge on any atom is 0.227 e. The number of nitrogens with one attached hydrogen (secondary N) is 2. The van der Waals surface area contributed by atoms with Gasteiger partial charge in [-0.05, 0) is 19.5 Å². The summed E-state index contributed by atoms with van der Waals surface area (Å²) in [7, 11) is -1.92. The molecule has 2 N–H and O–H groups in total. The van der Waals surface area contributed by atoms with Crippen LogP contribution in [0.2, 0.25) is 0 Å². The second-order valence-corrected chi connectivity index (χ2v) is 5.99. The molecule has 1 amide bonds. The molecule has 0 radical (unpaired) electrons. The summed E-state index contributed by atoms with van der Waals surface area (Å²) in [6.07, 6.45) is 0. The van der Waals surface area contributed by atoms with Gasteiger partial charge >= 0.3 is 0 Å². The lowest BCUT2D eigenvalue weighted by molar-refractivity contribution is -0.122. The van der Waals surface area contributed by atoms with Crippen LogP contribution in [0.5, 0.6) is 0 Å². The molecule has 0 spiro atoms. The van der Waals surface area contributed by atoms with Crippen LogP contribution >= 0.6 is 0 Å². The number of benzene rings is 1. The Hall–Kier alpha value is -1.40. The molecule has 5 nitrogen and oxygen atoms in total. The number of carbonyl (C=O) groups is 1. The van der Waals surface area contributed by atoms with Crippen LogP contribution in [0.15, 0.2) is 30.3 Å². The van der Waals surface area contributed by atoms with Gasteiger partial charge in [-0.1, -0.05) is 30.3 Å². The molecule has 18 heavy (non-hydrogen) atoms. The molecule has 1 aromatic carbocycles. The van der Waals surface area contributed by atoms with E-state index in [0.29, 0.717) is 0 Å². The van der Waals surface area contributed by atoms with Gasteiger partial charge in [0.15, 0.2) is 0 Å². The van der Waals surface area contributed by atoms with E-state index >= 15 is 0 Å². The van der Waals surface area contributed by atoms with Gasteiger partial charge in [0.25, 0.3) is 0 Å².